The van der Waals surface area contributed by atoms with Crippen LogP contribution in [0.2, 0.25) is 5.02 Å². The molecule has 3 aromatic rings. The first-order valence-corrected chi connectivity index (χ1v) is 15.0. The van der Waals surface area contributed by atoms with Crippen LogP contribution in [0.4, 0.5) is 5.69 Å². The predicted octanol–water partition coefficient (Wildman–Crippen LogP) is 5.49. The van der Waals surface area contributed by atoms with Crippen LogP contribution in [0.25, 0.3) is 0 Å². The van der Waals surface area contributed by atoms with Gasteiger partial charge in [0.25, 0.3) is 10.0 Å². The van der Waals surface area contributed by atoms with E-state index in [1.54, 1.807) is 31.2 Å². The maximum Gasteiger partial charge on any atom is 0.264 e. The van der Waals surface area contributed by atoms with E-state index in [9.17, 15) is 18.0 Å². The number of benzene rings is 3. The van der Waals surface area contributed by atoms with Crippen LogP contribution in [0.15, 0.2) is 71.6 Å². The van der Waals surface area contributed by atoms with Gasteiger partial charge in [-0.25, -0.2) is 8.42 Å². The van der Waals surface area contributed by atoms with E-state index in [-0.39, 0.29) is 33.8 Å². The zero-order chi connectivity index (χ0) is 30.5. The van der Waals surface area contributed by atoms with Crippen LogP contribution in [0.3, 0.4) is 0 Å². The summed E-state index contributed by atoms with van der Waals surface area (Å²) in [7, 11) is -2.85. The Morgan fingerprint density at radius 2 is 1.63 bits per heavy atom. The molecule has 0 bridgehead atoms. The van der Waals surface area contributed by atoms with Crippen LogP contribution in [-0.4, -0.2) is 50.4 Å². The minimum Gasteiger partial charge on any atom is -0.495 e. The first-order chi connectivity index (χ1) is 19.1. The van der Waals surface area contributed by atoms with Crippen molar-refractivity contribution in [1.29, 1.82) is 0 Å². The number of rotatable bonds is 10. The SMILES string of the molecule is COc1ccc(Cl)cc1N(CC(=O)N(Cc1cccc(C)c1)[C@@H](C)C(=O)NC(C)(C)C)S(=O)(=O)c1ccc(C)cc1. The Bertz CT molecular complexity index is 1500. The normalized spacial score (nSPS) is 12.4. The molecule has 3 rings (SSSR count). The Morgan fingerprint density at radius 1 is 0.976 bits per heavy atom. The average molecular weight is 600 g/mol. The van der Waals surface area contributed by atoms with Gasteiger partial charge < -0.3 is 15.0 Å². The van der Waals surface area contributed by atoms with E-state index >= 15 is 0 Å². The van der Waals surface area contributed by atoms with E-state index in [0.717, 1.165) is 21.0 Å². The van der Waals surface area contributed by atoms with Crippen LogP contribution in [-0.2, 0) is 26.2 Å². The number of carbonyl (C=O) groups excluding carboxylic acids is 2. The molecule has 0 saturated heterocycles. The van der Waals surface area contributed by atoms with Gasteiger partial charge in [0.05, 0.1) is 17.7 Å². The number of nitrogens with zero attached hydrogens (tertiary/aromatic N) is 2. The number of hydrogen-bond donors (Lipinski definition) is 1. The number of halogens is 1. The topological polar surface area (TPSA) is 96.0 Å². The summed E-state index contributed by atoms with van der Waals surface area (Å²) in [5, 5.41) is 3.19. The summed E-state index contributed by atoms with van der Waals surface area (Å²) in [6, 6.07) is 17.6. The van der Waals surface area contributed by atoms with Crippen LogP contribution < -0.4 is 14.4 Å². The van der Waals surface area contributed by atoms with Crippen molar-refractivity contribution >= 4 is 39.1 Å². The molecule has 220 valence electrons. The third kappa shape index (κ3) is 8.24. The molecule has 41 heavy (non-hydrogen) atoms. The summed E-state index contributed by atoms with van der Waals surface area (Å²) in [4.78, 5) is 28.7. The fourth-order valence-electron chi connectivity index (χ4n) is 4.27. The second-order valence-corrected chi connectivity index (χ2v) is 13.4. The van der Waals surface area contributed by atoms with Gasteiger partial charge in [-0.3, -0.25) is 13.9 Å². The number of sulfonamides is 1. The van der Waals surface area contributed by atoms with Crippen LogP contribution in [0.5, 0.6) is 5.75 Å². The largest absolute Gasteiger partial charge is 0.495 e. The number of anilines is 1. The Morgan fingerprint density at radius 3 is 2.22 bits per heavy atom. The summed E-state index contributed by atoms with van der Waals surface area (Å²) in [6.45, 7) is 10.5. The highest BCUT2D eigenvalue weighted by atomic mass is 35.5. The van der Waals surface area contributed by atoms with E-state index in [2.05, 4.69) is 5.32 Å². The lowest BCUT2D eigenvalue weighted by Crippen LogP contribution is -2.54. The molecule has 0 radical (unpaired) electrons. The monoisotopic (exact) mass is 599 g/mol. The van der Waals surface area contributed by atoms with Crippen molar-refractivity contribution in [3.8, 4) is 5.75 Å². The predicted molar refractivity (Wildman–Crippen MR) is 163 cm³/mol. The molecule has 0 spiro atoms. The van der Waals surface area contributed by atoms with Crippen LogP contribution in [0.1, 0.15) is 44.4 Å². The second-order valence-electron chi connectivity index (χ2n) is 11.1. The zero-order valence-electron chi connectivity index (χ0n) is 24.6. The summed E-state index contributed by atoms with van der Waals surface area (Å²) in [6.07, 6.45) is 0. The lowest BCUT2D eigenvalue weighted by molar-refractivity contribution is -0.140. The number of ether oxygens (including phenoxy) is 1. The molecule has 8 nitrogen and oxygen atoms in total. The van der Waals surface area contributed by atoms with Crippen molar-refractivity contribution in [1.82, 2.24) is 10.2 Å². The fraction of sp³-hybridized carbons (Fsp3) is 0.355. The third-order valence-electron chi connectivity index (χ3n) is 6.40. The molecule has 1 N–H and O–H groups in total. The molecule has 2 amide bonds. The lowest BCUT2D eigenvalue weighted by Gasteiger charge is -2.33. The van der Waals surface area contributed by atoms with Gasteiger partial charge in [-0.2, -0.15) is 0 Å². The molecular weight excluding hydrogens is 562 g/mol. The van der Waals surface area contributed by atoms with Crippen molar-refractivity contribution in [2.75, 3.05) is 18.0 Å². The van der Waals surface area contributed by atoms with Gasteiger partial charge in [-0.05, 0) is 77.4 Å². The molecular formula is C31H38ClN3O5S. The van der Waals surface area contributed by atoms with Gasteiger partial charge in [0.1, 0.15) is 18.3 Å². The Labute approximate surface area is 248 Å². The molecule has 0 saturated carbocycles. The van der Waals surface area contributed by atoms with Gasteiger partial charge in [0.15, 0.2) is 0 Å². The lowest BCUT2D eigenvalue weighted by atomic mass is 10.1. The van der Waals surface area contributed by atoms with E-state index in [1.165, 1.54) is 30.2 Å². The standard InChI is InChI=1S/C31H38ClN3O5S/c1-21-11-14-26(15-12-21)41(38,39)35(27-18-25(32)13-16-28(27)40-7)20-29(36)34(19-24-10-8-9-22(2)17-24)23(3)30(37)33-31(4,5)6/h8-18,23H,19-20H2,1-7H3,(H,33,37)/t23-/m0/s1. The molecule has 3 aromatic carbocycles. The number of amides is 2. The molecule has 0 unspecified atom stereocenters. The van der Waals surface area contributed by atoms with Crippen molar-refractivity contribution in [2.24, 2.45) is 0 Å². The van der Waals surface area contributed by atoms with Gasteiger partial charge >= 0.3 is 0 Å². The smallest absolute Gasteiger partial charge is 0.264 e. The molecule has 0 heterocycles. The quantitative estimate of drug-likeness (QED) is 0.332. The zero-order valence-corrected chi connectivity index (χ0v) is 26.1. The molecule has 0 aliphatic carbocycles. The second kappa shape index (κ2) is 13.0. The molecule has 10 heteroatoms. The number of aryl methyl sites for hydroxylation is 2. The molecule has 1 atom stereocenters. The summed E-state index contributed by atoms with van der Waals surface area (Å²) in [5.41, 5.74) is 2.26. The minimum absolute atomic E-state index is 0.00156. The van der Waals surface area contributed by atoms with Crippen molar-refractivity contribution in [3.63, 3.8) is 0 Å². The molecule has 0 fully saturated rings. The van der Waals surface area contributed by atoms with Crippen LogP contribution in [0, 0.1) is 13.8 Å². The minimum atomic E-state index is -4.26. The number of nitrogens with one attached hydrogen (secondary N) is 1. The van der Waals surface area contributed by atoms with Crippen LogP contribution >= 0.6 is 11.6 Å². The highest BCUT2D eigenvalue weighted by Crippen LogP contribution is 2.35. The number of methoxy groups -OCH3 is 1. The summed E-state index contributed by atoms with van der Waals surface area (Å²) >= 11 is 6.28. The van der Waals surface area contributed by atoms with Gasteiger partial charge in [0.2, 0.25) is 11.8 Å². The maximum absolute atomic E-state index is 14.1. The number of hydrogen-bond acceptors (Lipinski definition) is 5. The first-order valence-electron chi connectivity index (χ1n) is 13.2. The Balaban J connectivity index is 2.11. The molecule has 0 aliphatic rings. The summed E-state index contributed by atoms with van der Waals surface area (Å²) < 4.78 is 34.6. The molecule has 0 aromatic heterocycles. The summed E-state index contributed by atoms with van der Waals surface area (Å²) in [5.74, 6) is -0.700. The van der Waals surface area contributed by atoms with Gasteiger partial charge in [-0.1, -0.05) is 59.1 Å². The van der Waals surface area contributed by atoms with Crippen molar-refractivity contribution < 1.29 is 22.7 Å². The first kappa shape index (κ1) is 32.0. The Hall–Kier alpha value is -3.56. The highest BCUT2D eigenvalue weighted by Gasteiger charge is 2.34. The van der Waals surface area contributed by atoms with Gasteiger partial charge in [0, 0.05) is 17.1 Å². The Kier molecular flexibility index (Phi) is 10.1. The third-order valence-corrected chi connectivity index (χ3v) is 8.41. The number of carbonyl (C=O) groups is 2. The van der Waals surface area contributed by atoms with Crippen molar-refractivity contribution in [2.45, 2.75) is 64.6 Å². The van der Waals surface area contributed by atoms with Crippen molar-refractivity contribution in [3.05, 3.63) is 88.4 Å². The fourth-order valence-corrected chi connectivity index (χ4v) is 5.86. The van der Waals surface area contributed by atoms with E-state index in [1.807, 2.05) is 58.9 Å². The molecule has 0 aliphatic heterocycles. The van der Waals surface area contributed by atoms with E-state index in [4.69, 9.17) is 16.3 Å². The average Bonchev–Trinajstić information content (AvgIpc) is 2.89. The van der Waals surface area contributed by atoms with Gasteiger partial charge in [-0.15, -0.1) is 0 Å². The highest BCUT2D eigenvalue weighted by molar-refractivity contribution is 7.92. The van der Waals surface area contributed by atoms with E-state index in [0.29, 0.717) is 0 Å². The van der Waals surface area contributed by atoms with E-state index < -0.39 is 34.1 Å². The maximum atomic E-state index is 14.1.